The summed E-state index contributed by atoms with van der Waals surface area (Å²) in [7, 11) is -4.71. The third-order valence-electron chi connectivity index (χ3n) is 6.93. The molecular formula is C30H24O9S. The molecule has 9 nitrogen and oxygen atoms in total. The smallest absolute Gasteiger partial charge is 0.295 e. The fourth-order valence-electron chi connectivity index (χ4n) is 5.15. The van der Waals surface area contributed by atoms with Gasteiger partial charge in [-0.3, -0.25) is 4.55 Å². The van der Waals surface area contributed by atoms with Crippen LogP contribution in [0, 0.1) is 0 Å². The van der Waals surface area contributed by atoms with Crippen molar-refractivity contribution in [1.29, 1.82) is 0 Å². The van der Waals surface area contributed by atoms with Crippen LogP contribution in [-0.4, -0.2) is 52.6 Å². The van der Waals surface area contributed by atoms with Crippen molar-refractivity contribution in [3.63, 3.8) is 0 Å². The number of rotatable bonds is 4. The van der Waals surface area contributed by atoms with Gasteiger partial charge in [0.05, 0.1) is 0 Å². The van der Waals surface area contributed by atoms with Crippen molar-refractivity contribution < 1.29 is 41.4 Å². The Hall–Kier alpha value is -4.41. The van der Waals surface area contributed by atoms with Gasteiger partial charge in [-0.15, -0.1) is 0 Å². The fraction of sp³-hybridized carbons (Fsp3) is 0.200. The zero-order valence-corrected chi connectivity index (χ0v) is 22.0. The van der Waals surface area contributed by atoms with Gasteiger partial charge in [0, 0.05) is 11.1 Å². The van der Waals surface area contributed by atoms with E-state index in [0.717, 1.165) is 5.56 Å². The molecule has 0 unspecified atom stereocenters. The van der Waals surface area contributed by atoms with Gasteiger partial charge < -0.3 is 28.4 Å². The summed E-state index contributed by atoms with van der Waals surface area (Å²) in [6.07, 6.45) is 0. The first-order valence-electron chi connectivity index (χ1n) is 12.8. The zero-order chi connectivity index (χ0) is 27.3. The van der Waals surface area contributed by atoms with E-state index in [0.29, 0.717) is 102 Å². The predicted octanol–water partition coefficient (Wildman–Crippen LogP) is 5.25. The Labute approximate surface area is 230 Å². The third-order valence-corrected chi connectivity index (χ3v) is 7.88. The lowest BCUT2D eigenvalue weighted by Gasteiger charge is -2.22. The van der Waals surface area contributed by atoms with E-state index in [-0.39, 0.29) is 4.90 Å². The molecule has 0 spiro atoms. The maximum Gasteiger partial charge on any atom is 0.295 e. The van der Waals surface area contributed by atoms with Crippen LogP contribution in [-0.2, 0) is 10.1 Å². The number of hydrogen-bond donors (Lipinski definition) is 1. The normalized spacial score (nSPS) is 15.4. The number of benzene rings is 4. The first kappa shape index (κ1) is 24.6. The van der Waals surface area contributed by atoms with Crippen LogP contribution < -0.4 is 28.4 Å². The molecule has 4 aromatic rings. The predicted molar refractivity (Wildman–Crippen MR) is 146 cm³/mol. The fourth-order valence-corrected chi connectivity index (χ4v) is 6.06. The Balaban J connectivity index is 1.49. The van der Waals surface area contributed by atoms with Gasteiger partial charge >= 0.3 is 0 Å². The molecule has 0 atom stereocenters. The minimum Gasteiger partial charge on any atom is -0.486 e. The lowest BCUT2D eigenvalue weighted by Crippen LogP contribution is -2.15. The molecule has 0 amide bonds. The highest BCUT2D eigenvalue weighted by atomic mass is 32.2. The first-order valence-corrected chi connectivity index (χ1v) is 14.2. The molecule has 3 aliphatic rings. The number of ether oxygens (including phenoxy) is 6. The summed E-state index contributed by atoms with van der Waals surface area (Å²) < 4.78 is 71.0. The second-order valence-electron chi connectivity index (χ2n) is 9.45. The van der Waals surface area contributed by atoms with Gasteiger partial charge in [0.25, 0.3) is 10.1 Å². The lowest BCUT2D eigenvalue weighted by molar-refractivity contribution is 0.171. The minimum atomic E-state index is -4.71. The van der Waals surface area contributed by atoms with Crippen molar-refractivity contribution in [2.24, 2.45) is 0 Å². The van der Waals surface area contributed by atoms with Crippen LogP contribution in [0.5, 0.6) is 34.5 Å². The van der Waals surface area contributed by atoms with Crippen molar-refractivity contribution >= 4 is 10.1 Å². The van der Waals surface area contributed by atoms with Crippen LogP contribution in [0.4, 0.5) is 0 Å². The number of hydrogen-bond acceptors (Lipinski definition) is 8. The molecule has 3 heterocycles. The molecule has 0 radical (unpaired) electrons. The van der Waals surface area contributed by atoms with Crippen molar-refractivity contribution in [3.8, 4) is 67.9 Å². The van der Waals surface area contributed by atoms with Crippen LogP contribution in [0.2, 0.25) is 0 Å². The summed E-state index contributed by atoms with van der Waals surface area (Å²) in [5.41, 5.74) is 3.17. The van der Waals surface area contributed by atoms with Crippen LogP contribution in [0.15, 0.2) is 71.6 Å². The van der Waals surface area contributed by atoms with Gasteiger partial charge in [0.2, 0.25) is 0 Å². The molecule has 0 fully saturated rings. The van der Waals surface area contributed by atoms with Gasteiger partial charge in [0.15, 0.2) is 34.5 Å². The van der Waals surface area contributed by atoms with Gasteiger partial charge in [-0.25, -0.2) is 0 Å². The summed E-state index contributed by atoms with van der Waals surface area (Å²) >= 11 is 0. The summed E-state index contributed by atoms with van der Waals surface area (Å²) in [4.78, 5) is -0.234. The molecule has 40 heavy (non-hydrogen) atoms. The third kappa shape index (κ3) is 4.44. The standard InChI is InChI=1S/C30H24O9S/c31-40(32,33)30-22(19-2-5-25-28(16-19)38-11-8-35-25)13-21(18-1-4-24-27(15-18)37-10-7-34-24)14-23(30)20-3-6-26-29(17-20)39-12-9-36-26/h1-6,13-17H,7-12H2,(H,31,32,33). The highest BCUT2D eigenvalue weighted by molar-refractivity contribution is 7.86. The van der Waals surface area contributed by atoms with Crippen LogP contribution >= 0.6 is 0 Å². The quantitative estimate of drug-likeness (QED) is 0.335. The Morgan fingerprint density at radius 2 is 0.800 bits per heavy atom. The monoisotopic (exact) mass is 560 g/mol. The molecule has 0 saturated heterocycles. The molecule has 0 aromatic heterocycles. The van der Waals surface area contributed by atoms with E-state index in [4.69, 9.17) is 28.4 Å². The van der Waals surface area contributed by atoms with Crippen LogP contribution in [0.1, 0.15) is 0 Å². The van der Waals surface area contributed by atoms with Crippen LogP contribution in [0.3, 0.4) is 0 Å². The molecule has 0 saturated carbocycles. The SMILES string of the molecule is O=S(=O)(O)c1c(-c2ccc3c(c2)OCCO3)cc(-c2ccc3c(c2)OCCO3)cc1-c1ccc2c(c1)OCCO2. The van der Waals surface area contributed by atoms with E-state index in [9.17, 15) is 13.0 Å². The molecule has 3 aliphatic heterocycles. The summed E-state index contributed by atoms with van der Waals surface area (Å²) in [5, 5.41) is 0. The van der Waals surface area contributed by atoms with Crippen molar-refractivity contribution in [2.45, 2.75) is 4.90 Å². The Morgan fingerprint density at radius 3 is 1.20 bits per heavy atom. The van der Waals surface area contributed by atoms with Crippen molar-refractivity contribution in [3.05, 3.63) is 66.7 Å². The summed E-state index contributed by atoms with van der Waals surface area (Å²) in [6.45, 7) is 2.51. The van der Waals surface area contributed by atoms with Gasteiger partial charge in [-0.05, 0) is 70.8 Å². The molecule has 4 aromatic carbocycles. The number of fused-ring (bicyclic) bond motifs is 3. The van der Waals surface area contributed by atoms with Gasteiger partial charge in [-0.1, -0.05) is 18.2 Å². The Kier molecular flexibility index (Phi) is 5.94. The van der Waals surface area contributed by atoms with E-state index >= 15 is 0 Å². The maximum absolute atomic E-state index is 13.0. The summed E-state index contributed by atoms with van der Waals surface area (Å²) in [6, 6.07) is 19.5. The molecule has 1 N–H and O–H groups in total. The lowest BCUT2D eigenvalue weighted by atomic mass is 9.92. The zero-order valence-electron chi connectivity index (χ0n) is 21.2. The van der Waals surface area contributed by atoms with E-state index in [1.807, 2.05) is 18.2 Å². The highest BCUT2D eigenvalue weighted by Crippen LogP contribution is 2.45. The van der Waals surface area contributed by atoms with Crippen LogP contribution in [0.25, 0.3) is 33.4 Å². The van der Waals surface area contributed by atoms with Gasteiger partial charge in [0.1, 0.15) is 44.5 Å². The maximum atomic E-state index is 13.0. The second kappa shape index (κ2) is 9.65. The summed E-state index contributed by atoms with van der Waals surface area (Å²) in [5.74, 6) is 3.37. The van der Waals surface area contributed by atoms with E-state index in [1.54, 1.807) is 48.5 Å². The Morgan fingerprint density at radius 1 is 0.450 bits per heavy atom. The van der Waals surface area contributed by atoms with Gasteiger partial charge in [-0.2, -0.15) is 8.42 Å². The van der Waals surface area contributed by atoms with E-state index in [1.165, 1.54) is 0 Å². The highest BCUT2D eigenvalue weighted by Gasteiger charge is 2.27. The molecule has 0 bridgehead atoms. The largest absolute Gasteiger partial charge is 0.486 e. The molecule has 10 heteroatoms. The van der Waals surface area contributed by atoms with E-state index in [2.05, 4.69) is 0 Å². The molecule has 0 aliphatic carbocycles. The minimum absolute atomic E-state index is 0.234. The Bertz CT molecular complexity index is 1670. The average Bonchev–Trinajstić information content (AvgIpc) is 2.99. The molecule has 204 valence electrons. The molecule has 7 rings (SSSR count). The average molecular weight is 561 g/mol. The van der Waals surface area contributed by atoms with Crippen molar-refractivity contribution in [1.82, 2.24) is 0 Å². The van der Waals surface area contributed by atoms with Crippen molar-refractivity contribution in [2.75, 3.05) is 39.6 Å². The molecular weight excluding hydrogens is 536 g/mol. The topological polar surface area (TPSA) is 110 Å². The first-order chi connectivity index (χ1) is 19.4. The van der Waals surface area contributed by atoms with E-state index < -0.39 is 10.1 Å². The second-order valence-corrected chi connectivity index (χ2v) is 10.8.